The topological polar surface area (TPSA) is 79.3 Å². The molecular weight excluding hydrogens is 340 g/mol. The molecule has 0 radical (unpaired) electrons. The van der Waals surface area contributed by atoms with Gasteiger partial charge in [-0.25, -0.2) is 0 Å². The lowest BCUT2D eigenvalue weighted by Crippen LogP contribution is -2.63. The molecule has 3 unspecified atom stereocenters. The van der Waals surface area contributed by atoms with Gasteiger partial charge >= 0.3 is 5.97 Å². The fourth-order valence-electron chi connectivity index (χ4n) is 6.55. The third kappa shape index (κ3) is 2.27. The molecule has 1 aromatic heterocycles. The second kappa shape index (κ2) is 5.54. The number of fused-ring (bicyclic) bond motifs is 1. The number of aliphatic carboxylic acids is 1. The molecule has 0 spiro atoms. The number of aromatic nitrogens is 1. The number of carbonyl (C=O) groups excluding carboxylic acids is 1. The molecule has 6 rings (SSSR count). The molecule has 5 nitrogen and oxygen atoms in total. The van der Waals surface area contributed by atoms with Crippen LogP contribution in [0.1, 0.15) is 39.0 Å². The van der Waals surface area contributed by atoms with Gasteiger partial charge in [0.05, 0.1) is 28.2 Å². The Kier molecular flexibility index (Phi) is 3.43. The number of para-hydroxylation sites is 1. The quantitative estimate of drug-likeness (QED) is 0.860. The van der Waals surface area contributed by atoms with Crippen LogP contribution in [0.3, 0.4) is 0 Å². The van der Waals surface area contributed by atoms with Gasteiger partial charge < -0.3 is 10.4 Å². The van der Waals surface area contributed by atoms with E-state index in [-0.39, 0.29) is 11.8 Å². The normalized spacial score (nSPS) is 36.7. The summed E-state index contributed by atoms with van der Waals surface area (Å²) in [6.07, 6.45) is 5.85. The minimum absolute atomic E-state index is 0.0215. The summed E-state index contributed by atoms with van der Waals surface area (Å²) in [5.74, 6) is -0.181. The van der Waals surface area contributed by atoms with Gasteiger partial charge in [-0.3, -0.25) is 14.6 Å². The number of carboxylic acids is 1. The molecule has 27 heavy (non-hydrogen) atoms. The van der Waals surface area contributed by atoms with Crippen molar-refractivity contribution in [3.63, 3.8) is 0 Å². The Morgan fingerprint density at radius 1 is 1.11 bits per heavy atom. The van der Waals surface area contributed by atoms with Crippen molar-refractivity contribution in [3.05, 3.63) is 36.5 Å². The van der Waals surface area contributed by atoms with Crippen LogP contribution < -0.4 is 5.32 Å². The van der Waals surface area contributed by atoms with Crippen molar-refractivity contribution in [2.75, 3.05) is 5.32 Å². The van der Waals surface area contributed by atoms with Crippen LogP contribution in [0.4, 0.5) is 5.69 Å². The standard InChI is InChI=1S/C22H24N2O3/c1-13-21(8-14-6-15(9-21)11-22(13,10-14)20(26)27)19(25)24-17-7-16-4-2-3-5-18(16)23-12-17/h2-5,7,12-15H,6,8-11H2,1H3,(H,24,25)(H,26,27). The Morgan fingerprint density at radius 2 is 1.78 bits per heavy atom. The van der Waals surface area contributed by atoms with Crippen molar-refractivity contribution in [1.82, 2.24) is 4.98 Å². The van der Waals surface area contributed by atoms with Crippen molar-refractivity contribution in [2.45, 2.75) is 39.0 Å². The zero-order valence-corrected chi connectivity index (χ0v) is 15.4. The van der Waals surface area contributed by atoms with Gasteiger partial charge in [0.2, 0.25) is 5.91 Å². The van der Waals surface area contributed by atoms with Gasteiger partial charge in [-0.05, 0) is 62.0 Å². The summed E-state index contributed by atoms with van der Waals surface area (Å²) in [5.41, 5.74) is 0.270. The molecule has 2 aromatic rings. The fraction of sp³-hybridized carbons (Fsp3) is 0.500. The first-order valence-corrected chi connectivity index (χ1v) is 9.83. The van der Waals surface area contributed by atoms with Crippen molar-refractivity contribution in [1.29, 1.82) is 0 Å². The maximum Gasteiger partial charge on any atom is 0.309 e. The highest BCUT2D eigenvalue weighted by molar-refractivity contribution is 5.98. The van der Waals surface area contributed by atoms with Crippen molar-refractivity contribution in [3.8, 4) is 0 Å². The first-order chi connectivity index (χ1) is 12.9. The Hall–Kier alpha value is -2.43. The molecule has 140 valence electrons. The molecule has 4 saturated carbocycles. The molecule has 1 heterocycles. The van der Waals surface area contributed by atoms with E-state index in [9.17, 15) is 14.7 Å². The zero-order chi connectivity index (χ0) is 18.8. The van der Waals surface area contributed by atoms with E-state index in [0.29, 0.717) is 17.5 Å². The van der Waals surface area contributed by atoms with Crippen molar-refractivity contribution in [2.24, 2.45) is 28.6 Å². The fourth-order valence-corrected chi connectivity index (χ4v) is 6.55. The van der Waals surface area contributed by atoms with Crippen LogP contribution in [0.5, 0.6) is 0 Å². The summed E-state index contributed by atoms with van der Waals surface area (Å²) in [6.45, 7) is 1.99. The number of amides is 1. The molecule has 3 atom stereocenters. The summed E-state index contributed by atoms with van der Waals surface area (Å²) < 4.78 is 0. The number of nitrogens with one attached hydrogen (secondary N) is 1. The highest BCUT2D eigenvalue weighted by Gasteiger charge is 2.67. The predicted molar refractivity (Wildman–Crippen MR) is 102 cm³/mol. The number of hydrogen-bond acceptors (Lipinski definition) is 3. The maximum absolute atomic E-state index is 13.4. The van der Waals surface area contributed by atoms with Crippen LogP contribution in [0.25, 0.3) is 10.9 Å². The Bertz CT molecular complexity index is 939. The van der Waals surface area contributed by atoms with Crippen LogP contribution in [0, 0.1) is 28.6 Å². The third-order valence-electron chi connectivity index (χ3n) is 7.66. The van der Waals surface area contributed by atoms with Gasteiger partial charge in [0.1, 0.15) is 0 Å². The number of pyridine rings is 1. The maximum atomic E-state index is 13.4. The number of carboxylic acid groups (broad SMARTS) is 1. The van der Waals surface area contributed by atoms with Crippen LogP contribution in [0.2, 0.25) is 0 Å². The largest absolute Gasteiger partial charge is 0.481 e. The Morgan fingerprint density at radius 3 is 2.48 bits per heavy atom. The van der Waals surface area contributed by atoms with Gasteiger partial charge in [-0.1, -0.05) is 25.1 Å². The Balaban J connectivity index is 1.49. The molecule has 4 fully saturated rings. The molecule has 0 saturated heterocycles. The van der Waals surface area contributed by atoms with Gasteiger partial charge in [-0.2, -0.15) is 0 Å². The van der Waals surface area contributed by atoms with E-state index in [1.165, 1.54) is 0 Å². The van der Waals surface area contributed by atoms with E-state index in [4.69, 9.17) is 0 Å². The van der Waals surface area contributed by atoms with E-state index in [1.54, 1.807) is 6.20 Å². The first-order valence-electron chi connectivity index (χ1n) is 9.83. The van der Waals surface area contributed by atoms with Crippen LogP contribution in [0.15, 0.2) is 36.5 Å². The van der Waals surface area contributed by atoms with Crippen molar-refractivity contribution >= 4 is 28.5 Å². The second-order valence-electron chi connectivity index (χ2n) is 8.99. The van der Waals surface area contributed by atoms with Crippen molar-refractivity contribution < 1.29 is 14.7 Å². The molecule has 4 bridgehead atoms. The number of rotatable bonds is 3. The second-order valence-corrected chi connectivity index (χ2v) is 8.99. The van der Waals surface area contributed by atoms with Gasteiger partial charge in [0.15, 0.2) is 0 Å². The van der Waals surface area contributed by atoms with E-state index < -0.39 is 16.8 Å². The number of benzene rings is 1. The predicted octanol–water partition coefficient (Wildman–Crippen LogP) is 4.09. The molecule has 4 aliphatic carbocycles. The summed E-state index contributed by atoms with van der Waals surface area (Å²) in [5, 5.41) is 14.1. The van der Waals surface area contributed by atoms with Gasteiger partial charge in [0.25, 0.3) is 0 Å². The van der Waals surface area contributed by atoms with E-state index >= 15 is 0 Å². The van der Waals surface area contributed by atoms with Gasteiger partial charge in [0, 0.05) is 5.39 Å². The molecule has 0 aliphatic heterocycles. The number of anilines is 1. The minimum Gasteiger partial charge on any atom is -0.481 e. The monoisotopic (exact) mass is 364 g/mol. The zero-order valence-electron chi connectivity index (χ0n) is 15.4. The molecule has 1 aromatic carbocycles. The smallest absolute Gasteiger partial charge is 0.309 e. The molecule has 5 heteroatoms. The third-order valence-corrected chi connectivity index (χ3v) is 7.66. The number of hydrogen-bond donors (Lipinski definition) is 2. The lowest BCUT2D eigenvalue weighted by Gasteiger charge is -2.63. The molecule has 1 amide bonds. The molecule has 4 aliphatic rings. The summed E-state index contributed by atoms with van der Waals surface area (Å²) >= 11 is 0. The van der Waals surface area contributed by atoms with Crippen LogP contribution in [-0.4, -0.2) is 22.0 Å². The lowest BCUT2D eigenvalue weighted by molar-refractivity contribution is -0.194. The van der Waals surface area contributed by atoms with E-state index in [1.807, 2.05) is 37.3 Å². The highest BCUT2D eigenvalue weighted by Crippen LogP contribution is 2.68. The Labute approximate surface area is 158 Å². The minimum atomic E-state index is -0.733. The summed E-state index contributed by atoms with van der Waals surface area (Å²) in [4.78, 5) is 30.1. The summed E-state index contributed by atoms with van der Waals surface area (Å²) in [6, 6.07) is 9.76. The lowest BCUT2D eigenvalue weighted by atomic mass is 9.39. The van der Waals surface area contributed by atoms with E-state index in [2.05, 4.69) is 10.3 Å². The van der Waals surface area contributed by atoms with Gasteiger partial charge in [-0.15, -0.1) is 0 Å². The summed E-state index contributed by atoms with van der Waals surface area (Å²) in [7, 11) is 0. The average molecular weight is 364 g/mol. The first kappa shape index (κ1) is 16.7. The number of nitrogens with zero attached hydrogens (tertiary/aromatic N) is 1. The highest BCUT2D eigenvalue weighted by atomic mass is 16.4. The van der Waals surface area contributed by atoms with E-state index in [0.717, 1.165) is 43.0 Å². The molecular formula is C22H24N2O3. The SMILES string of the molecule is CC1C2(C(=O)O)CC3CC(C2)CC1(C(=O)Nc1cnc2ccccc2c1)C3. The average Bonchev–Trinajstić information content (AvgIpc) is 2.65. The molecule has 2 N–H and O–H groups in total. The number of carbonyl (C=O) groups is 2. The van der Waals surface area contributed by atoms with Crippen LogP contribution >= 0.6 is 0 Å². The van der Waals surface area contributed by atoms with Crippen LogP contribution in [-0.2, 0) is 9.59 Å².